The van der Waals surface area contributed by atoms with Crippen molar-refractivity contribution in [1.29, 1.82) is 0 Å². The predicted octanol–water partition coefficient (Wildman–Crippen LogP) is 2.75. The van der Waals surface area contributed by atoms with Gasteiger partial charge >= 0.3 is 18.0 Å². The smallest absolute Gasteiger partial charge is 0.318 e. The van der Waals surface area contributed by atoms with E-state index in [9.17, 15) is 14.4 Å². The summed E-state index contributed by atoms with van der Waals surface area (Å²) in [7, 11) is 0. The number of quaternary nitrogens is 1. The second kappa shape index (κ2) is 5.29. The van der Waals surface area contributed by atoms with E-state index in [4.69, 9.17) is 28.9 Å². The van der Waals surface area contributed by atoms with Crippen LogP contribution < -0.4 is 10.2 Å². The number of benzene rings is 1. The van der Waals surface area contributed by atoms with E-state index in [1.165, 1.54) is 23.1 Å². The average Bonchev–Trinajstić information content (AvgIpc) is 2.60. The monoisotopic (exact) mass is 330 g/mol. The first-order valence-corrected chi connectivity index (χ1v) is 6.97. The van der Waals surface area contributed by atoms with Gasteiger partial charge in [-0.25, -0.2) is 14.4 Å². The Kier molecular flexibility index (Phi) is 3.97. The molecule has 6 nitrogen and oxygen atoms in total. The molecular formula is C13H14Cl2N3O3+. The van der Waals surface area contributed by atoms with Gasteiger partial charge in [-0.3, -0.25) is 4.90 Å². The molecule has 2 rings (SSSR count). The number of nitrogens with zero attached hydrogens (tertiary/aromatic N) is 2. The minimum Gasteiger partial charge on any atom is -0.318 e. The number of hydrogen-bond acceptors (Lipinski definition) is 3. The second-order valence-corrected chi connectivity index (χ2v) is 5.91. The highest BCUT2D eigenvalue weighted by Gasteiger charge is 2.62. The number of urea groups is 2. The summed E-state index contributed by atoms with van der Waals surface area (Å²) < 4.78 is -1.22. The molecule has 8 heteroatoms. The van der Waals surface area contributed by atoms with Gasteiger partial charge in [-0.1, -0.05) is 27.7 Å². The summed E-state index contributed by atoms with van der Waals surface area (Å²) in [5, 5.41) is 0.416. The molecular weight excluding hydrogens is 317 g/mol. The van der Waals surface area contributed by atoms with Crippen molar-refractivity contribution in [2.75, 3.05) is 6.54 Å². The van der Waals surface area contributed by atoms with E-state index < -0.39 is 22.5 Å². The Balaban J connectivity index is 2.70. The van der Waals surface area contributed by atoms with Crippen LogP contribution in [0.5, 0.6) is 0 Å². The summed E-state index contributed by atoms with van der Waals surface area (Å²) in [6, 6.07) is 2.12. The molecule has 2 N–H and O–H groups in total. The van der Waals surface area contributed by atoms with Crippen LogP contribution in [-0.4, -0.2) is 35.5 Å². The Morgan fingerprint density at radius 2 is 1.76 bits per heavy atom. The maximum Gasteiger partial charge on any atom is 0.441 e. The summed E-state index contributed by atoms with van der Waals surface area (Å²) in [6.07, 6.45) is 0. The number of carbonyl (C=O) groups excluding carboxylic acids is 3. The topological polar surface area (TPSA) is 80.5 Å². The highest BCUT2D eigenvalue weighted by molar-refractivity contribution is 6.36. The van der Waals surface area contributed by atoms with Gasteiger partial charge in [0.25, 0.3) is 0 Å². The van der Waals surface area contributed by atoms with Crippen molar-refractivity contribution in [3.8, 4) is 0 Å². The second-order valence-electron chi connectivity index (χ2n) is 5.03. The molecule has 1 atom stereocenters. The summed E-state index contributed by atoms with van der Waals surface area (Å²) in [4.78, 5) is 38.3. The molecule has 1 aliphatic heterocycles. The molecule has 1 aromatic rings. The van der Waals surface area contributed by atoms with Gasteiger partial charge in [0.2, 0.25) is 0 Å². The quantitative estimate of drug-likeness (QED) is 0.668. The van der Waals surface area contributed by atoms with Crippen molar-refractivity contribution >= 4 is 46.9 Å². The van der Waals surface area contributed by atoms with E-state index in [-0.39, 0.29) is 28.3 Å². The van der Waals surface area contributed by atoms with Crippen molar-refractivity contribution in [1.82, 2.24) is 9.38 Å². The molecule has 0 spiro atoms. The summed E-state index contributed by atoms with van der Waals surface area (Å²) >= 11 is 11.8. The maximum atomic E-state index is 12.6. The Bertz CT molecular complexity index is 627. The normalized spacial score (nSPS) is 22.2. The molecule has 112 valence electrons. The zero-order chi connectivity index (χ0) is 15.9. The molecule has 1 aliphatic rings. The zero-order valence-electron chi connectivity index (χ0n) is 11.5. The van der Waals surface area contributed by atoms with Gasteiger partial charge in [-0.05, 0) is 19.9 Å². The van der Waals surface area contributed by atoms with Crippen LogP contribution in [0.4, 0.5) is 15.3 Å². The number of hydrogen-bond donors (Lipinski definition) is 1. The first-order valence-electron chi connectivity index (χ1n) is 6.21. The van der Waals surface area contributed by atoms with Gasteiger partial charge in [0.1, 0.15) is 6.54 Å². The van der Waals surface area contributed by atoms with Gasteiger partial charge in [-0.2, -0.15) is 0 Å². The van der Waals surface area contributed by atoms with Gasteiger partial charge in [0.15, 0.2) is 5.69 Å². The van der Waals surface area contributed by atoms with Crippen LogP contribution >= 0.6 is 23.2 Å². The fourth-order valence-corrected chi connectivity index (χ4v) is 2.87. The van der Waals surface area contributed by atoms with E-state index in [1.807, 2.05) is 0 Å². The van der Waals surface area contributed by atoms with Crippen LogP contribution in [0.1, 0.15) is 13.8 Å². The first kappa shape index (κ1) is 15.8. The van der Waals surface area contributed by atoms with Crippen LogP contribution in [0.25, 0.3) is 0 Å². The molecule has 1 fully saturated rings. The van der Waals surface area contributed by atoms with Crippen molar-refractivity contribution < 1.29 is 14.4 Å². The van der Waals surface area contributed by atoms with Crippen LogP contribution in [0, 0.1) is 0 Å². The average molecular weight is 331 g/mol. The third-order valence-corrected chi connectivity index (χ3v) is 3.84. The van der Waals surface area contributed by atoms with Crippen LogP contribution in [0.2, 0.25) is 10.0 Å². The summed E-state index contributed by atoms with van der Waals surface area (Å²) in [5.74, 6) is -0.625. The van der Waals surface area contributed by atoms with E-state index in [0.717, 1.165) is 0 Å². The van der Waals surface area contributed by atoms with E-state index in [2.05, 4.69) is 0 Å². The zero-order valence-corrected chi connectivity index (χ0v) is 13.0. The molecule has 1 unspecified atom stereocenters. The molecule has 5 amide bonds. The molecule has 0 aliphatic carbocycles. The molecule has 21 heavy (non-hydrogen) atoms. The van der Waals surface area contributed by atoms with E-state index in [1.54, 1.807) is 13.8 Å². The number of halogens is 2. The highest BCUT2D eigenvalue weighted by Crippen LogP contribution is 2.35. The lowest BCUT2D eigenvalue weighted by atomic mass is 10.2. The fourth-order valence-electron chi connectivity index (χ4n) is 2.35. The molecule has 0 saturated carbocycles. The Morgan fingerprint density at radius 1 is 1.24 bits per heavy atom. The third-order valence-electron chi connectivity index (χ3n) is 3.40. The number of carbonyl (C=O) groups is 3. The Labute approximate surface area is 131 Å². The van der Waals surface area contributed by atoms with Crippen molar-refractivity contribution in [2.24, 2.45) is 5.73 Å². The maximum absolute atomic E-state index is 12.6. The number of rotatable bonds is 2. The Morgan fingerprint density at radius 3 is 2.14 bits per heavy atom. The van der Waals surface area contributed by atoms with Crippen LogP contribution in [0.15, 0.2) is 18.2 Å². The number of imide groups is 3. The molecule has 0 radical (unpaired) electrons. The third kappa shape index (κ3) is 2.29. The standard InChI is InChI=1S/C13H13Cl2N3O3/c1-7(2)17-6-11(19)18(12(16)20,13(17)21)10-4-8(14)3-9(15)5-10/h3-5,7H,6H2,1-2H3,(H-,16,20)/p+1. The summed E-state index contributed by atoms with van der Waals surface area (Å²) in [5.41, 5.74) is 5.44. The number of amides is 5. The molecule has 0 bridgehead atoms. The number of nitrogens with two attached hydrogens (primary N) is 1. The summed E-state index contributed by atoms with van der Waals surface area (Å²) in [6.45, 7) is 3.30. The molecule has 1 saturated heterocycles. The Hall–Kier alpha value is -1.63. The fraction of sp³-hybridized carbons (Fsp3) is 0.308. The minimum atomic E-state index is -1.22. The highest BCUT2D eigenvalue weighted by atomic mass is 35.5. The molecule has 1 aromatic carbocycles. The SMILES string of the molecule is CC(C)N1CC(=O)[N+](C(N)=O)(c2cc(Cl)cc(Cl)c2)C1=O. The van der Waals surface area contributed by atoms with Gasteiger partial charge in [-0.15, -0.1) is 0 Å². The van der Waals surface area contributed by atoms with E-state index >= 15 is 0 Å². The lowest BCUT2D eigenvalue weighted by molar-refractivity contribution is -0.123. The minimum absolute atomic E-state index is 0.0538. The van der Waals surface area contributed by atoms with Gasteiger partial charge in [0, 0.05) is 28.2 Å². The lowest BCUT2D eigenvalue weighted by Crippen LogP contribution is -2.62. The van der Waals surface area contributed by atoms with Gasteiger partial charge < -0.3 is 5.73 Å². The first-order chi connectivity index (χ1) is 9.71. The van der Waals surface area contributed by atoms with Gasteiger partial charge in [0.05, 0.1) is 0 Å². The number of primary amides is 1. The van der Waals surface area contributed by atoms with Crippen molar-refractivity contribution in [3.63, 3.8) is 0 Å². The van der Waals surface area contributed by atoms with Crippen molar-refractivity contribution in [3.05, 3.63) is 28.2 Å². The largest absolute Gasteiger partial charge is 0.441 e. The lowest BCUT2D eigenvalue weighted by Gasteiger charge is -2.24. The molecule has 0 aromatic heterocycles. The van der Waals surface area contributed by atoms with Crippen LogP contribution in [-0.2, 0) is 4.79 Å². The van der Waals surface area contributed by atoms with Crippen molar-refractivity contribution in [2.45, 2.75) is 19.9 Å². The molecule has 1 heterocycles. The predicted molar refractivity (Wildman–Crippen MR) is 80.1 cm³/mol. The van der Waals surface area contributed by atoms with E-state index in [0.29, 0.717) is 0 Å². The van der Waals surface area contributed by atoms with Crippen LogP contribution in [0.3, 0.4) is 0 Å².